The number of ether oxygens (including phenoxy) is 1. The number of anilines is 1. The van der Waals surface area contributed by atoms with E-state index < -0.39 is 0 Å². The summed E-state index contributed by atoms with van der Waals surface area (Å²) in [6, 6.07) is 0. The molecule has 1 N–H and O–H groups in total. The monoisotopic (exact) mass is 267 g/mol. The van der Waals surface area contributed by atoms with E-state index in [1.807, 2.05) is 25.7 Å². The highest BCUT2D eigenvalue weighted by molar-refractivity contribution is 7.98. The van der Waals surface area contributed by atoms with Gasteiger partial charge in [0, 0.05) is 30.7 Å². The van der Waals surface area contributed by atoms with Crippen molar-refractivity contribution >= 4 is 17.6 Å². The zero-order chi connectivity index (χ0) is 13.1. The molecule has 0 radical (unpaired) electrons. The molecule has 0 saturated carbocycles. The maximum Gasteiger partial charge on any atom is 0.160 e. The summed E-state index contributed by atoms with van der Waals surface area (Å²) in [4.78, 5) is 9.35. The predicted octanol–water partition coefficient (Wildman–Crippen LogP) is 3.00. The number of thioether (sulfide) groups is 1. The van der Waals surface area contributed by atoms with Gasteiger partial charge in [0.2, 0.25) is 0 Å². The van der Waals surface area contributed by atoms with Gasteiger partial charge in [0.15, 0.2) is 5.82 Å². The molecule has 0 aromatic carbocycles. The molecular weight excluding hydrogens is 246 g/mol. The van der Waals surface area contributed by atoms with Crippen molar-refractivity contribution in [1.82, 2.24) is 9.97 Å². The van der Waals surface area contributed by atoms with E-state index in [0.29, 0.717) is 12.5 Å². The Balaban J connectivity index is 2.38. The van der Waals surface area contributed by atoms with E-state index in [9.17, 15) is 0 Å². The van der Waals surface area contributed by atoms with Crippen LogP contribution in [0.1, 0.15) is 44.0 Å². The SMILES string of the molecule is CCOC(c1nc2c(c(NC)n1)CSC2)C(C)C. The Morgan fingerprint density at radius 3 is 2.72 bits per heavy atom. The Kier molecular flexibility index (Phi) is 4.45. The third-order valence-corrected chi connectivity index (χ3v) is 4.01. The molecule has 0 bridgehead atoms. The summed E-state index contributed by atoms with van der Waals surface area (Å²) in [6.45, 7) is 6.99. The average Bonchev–Trinajstić information content (AvgIpc) is 2.82. The van der Waals surface area contributed by atoms with Crippen LogP contribution in [0.2, 0.25) is 0 Å². The van der Waals surface area contributed by atoms with Gasteiger partial charge in [-0.1, -0.05) is 13.8 Å². The second-order valence-electron chi connectivity index (χ2n) is 4.72. The molecule has 1 aromatic heterocycles. The summed E-state index contributed by atoms with van der Waals surface area (Å²) in [6.07, 6.45) is -0.0157. The van der Waals surface area contributed by atoms with Gasteiger partial charge in [0.05, 0.1) is 5.69 Å². The summed E-state index contributed by atoms with van der Waals surface area (Å²) >= 11 is 1.89. The van der Waals surface area contributed by atoms with Crippen molar-refractivity contribution in [2.24, 2.45) is 5.92 Å². The molecule has 1 aliphatic heterocycles. The maximum atomic E-state index is 5.79. The first-order valence-electron chi connectivity index (χ1n) is 6.44. The number of hydrogen-bond acceptors (Lipinski definition) is 5. The first-order valence-corrected chi connectivity index (χ1v) is 7.59. The summed E-state index contributed by atoms with van der Waals surface area (Å²) < 4.78 is 5.79. The van der Waals surface area contributed by atoms with Crippen molar-refractivity contribution in [3.8, 4) is 0 Å². The fourth-order valence-electron chi connectivity index (χ4n) is 2.15. The molecule has 0 amide bonds. The van der Waals surface area contributed by atoms with Gasteiger partial charge in [-0.05, 0) is 12.8 Å². The smallest absolute Gasteiger partial charge is 0.160 e. The van der Waals surface area contributed by atoms with Crippen LogP contribution < -0.4 is 5.32 Å². The summed E-state index contributed by atoms with van der Waals surface area (Å²) in [5.74, 6) is 4.15. The van der Waals surface area contributed by atoms with Gasteiger partial charge in [-0.15, -0.1) is 0 Å². The summed E-state index contributed by atoms with van der Waals surface area (Å²) in [5, 5.41) is 3.18. The normalized spacial score (nSPS) is 15.8. The molecule has 100 valence electrons. The first-order chi connectivity index (χ1) is 8.67. The predicted molar refractivity (Wildman–Crippen MR) is 75.8 cm³/mol. The Morgan fingerprint density at radius 1 is 1.33 bits per heavy atom. The third kappa shape index (κ3) is 2.62. The molecule has 0 spiro atoms. The number of fused-ring (bicyclic) bond motifs is 1. The molecule has 0 fully saturated rings. The van der Waals surface area contributed by atoms with Gasteiger partial charge >= 0.3 is 0 Å². The highest BCUT2D eigenvalue weighted by Gasteiger charge is 2.25. The fraction of sp³-hybridized carbons (Fsp3) is 0.692. The first kappa shape index (κ1) is 13.6. The topological polar surface area (TPSA) is 47.0 Å². The van der Waals surface area contributed by atoms with Crippen LogP contribution in [0.5, 0.6) is 0 Å². The van der Waals surface area contributed by atoms with Crippen molar-refractivity contribution < 1.29 is 4.74 Å². The van der Waals surface area contributed by atoms with Crippen LogP contribution in [0.25, 0.3) is 0 Å². The molecule has 18 heavy (non-hydrogen) atoms. The summed E-state index contributed by atoms with van der Waals surface area (Å²) in [7, 11) is 1.92. The van der Waals surface area contributed by atoms with Gasteiger partial charge in [0.25, 0.3) is 0 Å². The Labute approximate surface area is 113 Å². The van der Waals surface area contributed by atoms with E-state index in [1.165, 1.54) is 11.3 Å². The molecule has 1 atom stereocenters. The van der Waals surface area contributed by atoms with Crippen LogP contribution in [0.4, 0.5) is 5.82 Å². The van der Waals surface area contributed by atoms with Crippen molar-refractivity contribution in [3.05, 3.63) is 17.1 Å². The zero-order valence-corrected chi connectivity index (χ0v) is 12.3. The fourth-order valence-corrected chi connectivity index (χ4v) is 3.19. The lowest BCUT2D eigenvalue weighted by atomic mass is 10.1. The average molecular weight is 267 g/mol. The van der Waals surface area contributed by atoms with Crippen molar-refractivity contribution in [1.29, 1.82) is 0 Å². The van der Waals surface area contributed by atoms with Crippen LogP contribution in [0.3, 0.4) is 0 Å². The minimum atomic E-state index is -0.0157. The quantitative estimate of drug-likeness (QED) is 0.888. The molecular formula is C13H21N3OS. The molecule has 2 heterocycles. The highest BCUT2D eigenvalue weighted by atomic mass is 32.2. The maximum absolute atomic E-state index is 5.79. The van der Waals surface area contributed by atoms with E-state index in [0.717, 1.165) is 23.1 Å². The largest absolute Gasteiger partial charge is 0.373 e. The van der Waals surface area contributed by atoms with E-state index in [4.69, 9.17) is 9.72 Å². The van der Waals surface area contributed by atoms with Gasteiger partial charge in [-0.25, -0.2) is 9.97 Å². The number of nitrogens with one attached hydrogen (secondary N) is 1. The molecule has 5 heteroatoms. The number of hydrogen-bond donors (Lipinski definition) is 1. The number of rotatable bonds is 5. The standard InChI is InChI=1S/C13H21N3OS/c1-5-17-11(8(2)3)13-15-10-7-18-6-9(10)12(14-4)16-13/h8,11H,5-7H2,1-4H3,(H,14,15,16). The molecule has 4 nitrogen and oxygen atoms in total. The Morgan fingerprint density at radius 2 is 2.11 bits per heavy atom. The lowest BCUT2D eigenvalue weighted by Crippen LogP contribution is -2.17. The van der Waals surface area contributed by atoms with E-state index in [-0.39, 0.29) is 6.10 Å². The molecule has 0 saturated heterocycles. The van der Waals surface area contributed by atoms with Crippen molar-refractivity contribution in [3.63, 3.8) is 0 Å². The zero-order valence-electron chi connectivity index (χ0n) is 11.5. The Hall–Kier alpha value is -0.810. The van der Waals surface area contributed by atoms with Crippen molar-refractivity contribution in [2.45, 2.75) is 38.4 Å². The van der Waals surface area contributed by atoms with Crippen LogP contribution in [0.15, 0.2) is 0 Å². The van der Waals surface area contributed by atoms with Crippen LogP contribution in [-0.2, 0) is 16.2 Å². The third-order valence-electron chi connectivity index (χ3n) is 3.04. The molecule has 1 unspecified atom stereocenters. The molecule has 0 aliphatic carbocycles. The van der Waals surface area contributed by atoms with Gasteiger partial charge in [-0.2, -0.15) is 11.8 Å². The second-order valence-corrected chi connectivity index (χ2v) is 5.70. The number of nitrogens with zero attached hydrogens (tertiary/aromatic N) is 2. The summed E-state index contributed by atoms with van der Waals surface area (Å²) in [5.41, 5.74) is 2.42. The molecule has 2 rings (SSSR count). The minimum Gasteiger partial charge on any atom is -0.373 e. The van der Waals surface area contributed by atoms with Crippen LogP contribution in [0, 0.1) is 5.92 Å². The Bertz CT molecular complexity index is 423. The van der Waals surface area contributed by atoms with Crippen LogP contribution in [-0.4, -0.2) is 23.6 Å². The number of aromatic nitrogens is 2. The van der Waals surface area contributed by atoms with Crippen molar-refractivity contribution in [2.75, 3.05) is 19.0 Å². The van der Waals surface area contributed by atoms with Gasteiger partial charge in [-0.3, -0.25) is 0 Å². The molecule has 1 aromatic rings. The van der Waals surface area contributed by atoms with E-state index >= 15 is 0 Å². The lowest BCUT2D eigenvalue weighted by molar-refractivity contribution is 0.0232. The molecule has 1 aliphatic rings. The lowest BCUT2D eigenvalue weighted by Gasteiger charge is -2.21. The van der Waals surface area contributed by atoms with E-state index in [1.54, 1.807) is 0 Å². The van der Waals surface area contributed by atoms with Gasteiger partial charge in [0.1, 0.15) is 11.9 Å². The van der Waals surface area contributed by atoms with E-state index in [2.05, 4.69) is 24.1 Å². The van der Waals surface area contributed by atoms with Crippen LogP contribution >= 0.6 is 11.8 Å². The minimum absolute atomic E-state index is 0.0157. The highest BCUT2D eigenvalue weighted by Crippen LogP contribution is 2.34. The second kappa shape index (κ2) is 5.89. The van der Waals surface area contributed by atoms with Gasteiger partial charge < -0.3 is 10.1 Å².